The SMILES string of the molecule is CC(C)(C)[C@H](N)C(=O)NCC(O)c1cc(Cl)c2c(c1)OCCO2.Cl. The molecule has 0 spiro atoms. The summed E-state index contributed by atoms with van der Waals surface area (Å²) in [7, 11) is 0. The van der Waals surface area contributed by atoms with Crippen LogP contribution in [-0.4, -0.2) is 36.8 Å². The van der Waals surface area contributed by atoms with Gasteiger partial charge in [0.1, 0.15) is 13.2 Å². The molecule has 2 rings (SSSR count). The van der Waals surface area contributed by atoms with E-state index in [-0.39, 0.29) is 30.3 Å². The first kappa shape index (κ1) is 20.8. The number of benzene rings is 1. The van der Waals surface area contributed by atoms with Gasteiger partial charge in [-0.2, -0.15) is 0 Å². The van der Waals surface area contributed by atoms with Crippen LogP contribution in [0.2, 0.25) is 5.02 Å². The second-order valence-corrected chi connectivity index (χ2v) is 7.04. The molecule has 1 heterocycles. The average molecular weight is 379 g/mol. The minimum absolute atomic E-state index is 0. The van der Waals surface area contributed by atoms with Crippen molar-refractivity contribution in [2.75, 3.05) is 19.8 Å². The van der Waals surface area contributed by atoms with Crippen LogP contribution in [0.3, 0.4) is 0 Å². The quantitative estimate of drug-likeness (QED) is 0.745. The van der Waals surface area contributed by atoms with Gasteiger partial charge in [0.15, 0.2) is 11.5 Å². The molecule has 2 atom stereocenters. The Labute approximate surface area is 153 Å². The van der Waals surface area contributed by atoms with E-state index in [9.17, 15) is 9.90 Å². The standard InChI is InChI=1S/C16H23ClN2O4.ClH/c1-16(2,3)14(18)15(21)19-8-11(20)9-6-10(17)13-12(7-9)22-4-5-23-13;/h6-7,11,14,20H,4-5,8,18H2,1-3H3,(H,19,21);1H/t11?,14-;/m1./s1. The number of amides is 1. The Hall–Kier alpha value is -1.21. The molecule has 1 aromatic rings. The molecule has 4 N–H and O–H groups in total. The molecule has 1 aromatic carbocycles. The highest BCUT2D eigenvalue weighted by atomic mass is 35.5. The van der Waals surface area contributed by atoms with Gasteiger partial charge in [-0.15, -0.1) is 12.4 Å². The number of ether oxygens (including phenoxy) is 2. The van der Waals surface area contributed by atoms with Crippen molar-refractivity contribution >= 4 is 29.9 Å². The Morgan fingerprint density at radius 3 is 2.62 bits per heavy atom. The van der Waals surface area contributed by atoms with Crippen molar-refractivity contribution in [1.29, 1.82) is 0 Å². The normalized spacial score (nSPS) is 15.9. The number of halogens is 2. The van der Waals surface area contributed by atoms with Gasteiger partial charge in [0.2, 0.25) is 5.91 Å². The molecule has 0 aliphatic carbocycles. The molecule has 136 valence electrons. The largest absolute Gasteiger partial charge is 0.486 e. The van der Waals surface area contributed by atoms with Gasteiger partial charge < -0.3 is 25.6 Å². The zero-order chi connectivity index (χ0) is 17.2. The number of aliphatic hydroxyl groups is 1. The van der Waals surface area contributed by atoms with Crippen molar-refractivity contribution in [2.45, 2.75) is 32.9 Å². The molecule has 8 heteroatoms. The lowest BCUT2D eigenvalue weighted by atomic mass is 9.87. The van der Waals surface area contributed by atoms with Gasteiger partial charge in [0.25, 0.3) is 0 Å². The van der Waals surface area contributed by atoms with Crippen LogP contribution in [0, 0.1) is 5.41 Å². The molecular weight excluding hydrogens is 355 g/mol. The molecule has 0 aromatic heterocycles. The zero-order valence-corrected chi connectivity index (χ0v) is 15.5. The summed E-state index contributed by atoms with van der Waals surface area (Å²) < 4.78 is 10.9. The maximum atomic E-state index is 12.0. The number of hydrogen-bond donors (Lipinski definition) is 3. The van der Waals surface area contributed by atoms with Crippen molar-refractivity contribution in [3.05, 3.63) is 22.7 Å². The number of nitrogens with one attached hydrogen (secondary N) is 1. The molecule has 0 bridgehead atoms. The fourth-order valence-electron chi connectivity index (χ4n) is 2.14. The summed E-state index contributed by atoms with van der Waals surface area (Å²) >= 11 is 6.14. The molecule has 6 nitrogen and oxygen atoms in total. The van der Waals surface area contributed by atoms with Crippen molar-refractivity contribution in [1.82, 2.24) is 5.32 Å². The second-order valence-electron chi connectivity index (χ2n) is 6.63. The number of aliphatic hydroxyl groups excluding tert-OH is 1. The van der Waals surface area contributed by atoms with E-state index in [1.807, 2.05) is 20.8 Å². The van der Waals surface area contributed by atoms with Crippen LogP contribution in [0.15, 0.2) is 12.1 Å². The Balaban J connectivity index is 0.00000288. The fraction of sp³-hybridized carbons (Fsp3) is 0.562. The first-order valence-electron chi connectivity index (χ1n) is 7.50. The third-order valence-electron chi connectivity index (χ3n) is 3.69. The Bertz CT molecular complexity index is 590. The molecular formula is C16H24Cl2N2O4. The number of nitrogens with two attached hydrogens (primary N) is 1. The Morgan fingerprint density at radius 1 is 1.38 bits per heavy atom. The number of hydrogen-bond acceptors (Lipinski definition) is 5. The number of rotatable bonds is 4. The number of carbonyl (C=O) groups is 1. The lowest BCUT2D eigenvalue weighted by Gasteiger charge is -2.26. The van der Waals surface area contributed by atoms with Crippen LogP contribution in [0.5, 0.6) is 11.5 Å². The van der Waals surface area contributed by atoms with E-state index in [0.29, 0.717) is 35.3 Å². The summed E-state index contributed by atoms with van der Waals surface area (Å²) in [5, 5.41) is 13.3. The molecule has 0 saturated heterocycles. The van der Waals surface area contributed by atoms with E-state index in [1.54, 1.807) is 12.1 Å². The van der Waals surface area contributed by atoms with Gasteiger partial charge in [-0.05, 0) is 23.1 Å². The molecule has 0 fully saturated rings. The lowest BCUT2D eigenvalue weighted by Crippen LogP contribution is -2.49. The van der Waals surface area contributed by atoms with E-state index in [0.717, 1.165) is 0 Å². The Morgan fingerprint density at radius 2 is 2.00 bits per heavy atom. The minimum atomic E-state index is -0.917. The van der Waals surface area contributed by atoms with E-state index >= 15 is 0 Å². The van der Waals surface area contributed by atoms with E-state index in [2.05, 4.69) is 5.32 Å². The molecule has 0 saturated carbocycles. The number of fused-ring (bicyclic) bond motifs is 1. The summed E-state index contributed by atoms with van der Waals surface area (Å²) in [5.41, 5.74) is 6.08. The van der Waals surface area contributed by atoms with Gasteiger partial charge in [-0.3, -0.25) is 4.79 Å². The molecule has 0 radical (unpaired) electrons. The zero-order valence-electron chi connectivity index (χ0n) is 14.0. The molecule has 24 heavy (non-hydrogen) atoms. The summed E-state index contributed by atoms with van der Waals surface area (Å²) in [5.74, 6) is 0.670. The maximum absolute atomic E-state index is 12.0. The van der Waals surface area contributed by atoms with Crippen LogP contribution in [0.1, 0.15) is 32.4 Å². The maximum Gasteiger partial charge on any atom is 0.237 e. The van der Waals surface area contributed by atoms with Crippen LogP contribution in [0.4, 0.5) is 0 Å². The predicted molar refractivity (Wildman–Crippen MR) is 95.1 cm³/mol. The van der Waals surface area contributed by atoms with Crippen molar-refractivity contribution in [2.24, 2.45) is 11.1 Å². The highest BCUT2D eigenvalue weighted by Crippen LogP contribution is 2.39. The van der Waals surface area contributed by atoms with Crippen molar-refractivity contribution < 1.29 is 19.4 Å². The van der Waals surface area contributed by atoms with Crippen molar-refractivity contribution in [3.8, 4) is 11.5 Å². The summed E-state index contributed by atoms with van der Waals surface area (Å²) in [6.45, 7) is 6.56. The third kappa shape index (κ3) is 4.89. The first-order chi connectivity index (χ1) is 10.7. The van der Waals surface area contributed by atoms with E-state index in [1.165, 1.54) is 0 Å². The van der Waals surface area contributed by atoms with Crippen LogP contribution in [0.25, 0.3) is 0 Å². The summed E-state index contributed by atoms with van der Waals surface area (Å²) in [6.07, 6.45) is -0.917. The smallest absolute Gasteiger partial charge is 0.237 e. The predicted octanol–water partition coefficient (Wildman–Crippen LogP) is 2.06. The van der Waals surface area contributed by atoms with Crippen LogP contribution >= 0.6 is 24.0 Å². The Kier molecular flexibility index (Phi) is 7.16. The van der Waals surface area contributed by atoms with Gasteiger partial charge in [0.05, 0.1) is 17.2 Å². The average Bonchev–Trinajstić information content (AvgIpc) is 2.50. The highest BCUT2D eigenvalue weighted by molar-refractivity contribution is 6.32. The highest BCUT2D eigenvalue weighted by Gasteiger charge is 2.28. The van der Waals surface area contributed by atoms with Crippen molar-refractivity contribution in [3.63, 3.8) is 0 Å². The second kappa shape index (κ2) is 8.25. The van der Waals surface area contributed by atoms with E-state index in [4.69, 9.17) is 26.8 Å². The molecule has 1 aliphatic heterocycles. The lowest BCUT2D eigenvalue weighted by molar-refractivity contribution is -0.125. The van der Waals surface area contributed by atoms with Gasteiger partial charge in [-0.25, -0.2) is 0 Å². The summed E-state index contributed by atoms with van der Waals surface area (Å²) in [6, 6.07) is 2.62. The first-order valence-corrected chi connectivity index (χ1v) is 7.88. The molecule has 1 amide bonds. The third-order valence-corrected chi connectivity index (χ3v) is 3.97. The summed E-state index contributed by atoms with van der Waals surface area (Å²) in [4.78, 5) is 12.0. The van der Waals surface area contributed by atoms with Crippen LogP contribution in [-0.2, 0) is 4.79 Å². The fourth-order valence-corrected chi connectivity index (χ4v) is 2.42. The molecule has 1 unspecified atom stereocenters. The van der Waals surface area contributed by atoms with Gasteiger partial charge >= 0.3 is 0 Å². The van der Waals surface area contributed by atoms with Gasteiger partial charge in [0, 0.05) is 6.54 Å². The monoisotopic (exact) mass is 378 g/mol. The van der Waals surface area contributed by atoms with Crippen LogP contribution < -0.4 is 20.5 Å². The number of carbonyl (C=O) groups excluding carboxylic acids is 1. The molecule has 1 aliphatic rings. The topological polar surface area (TPSA) is 93.8 Å². The van der Waals surface area contributed by atoms with Gasteiger partial charge in [-0.1, -0.05) is 32.4 Å². The van der Waals surface area contributed by atoms with E-state index < -0.39 is 12.1 Å². The minimum Gasteiger partial charge on any atom is -0.486 e.